The van der Waals surface area contributed by atoms with E-state index in [1.165, 1.54) is 6.21 Å². The van der Waals surface area contributed by atoms with Crippen molar-refractivity contribution >= 4 is 23.7 Å². The Kier molecular flexibility index (Phi) is 6.62. The summed E-state index contributed by atoms with van der Waals surface area (Å²) in [6, 6.07) is 15.7. The first kappa shape index (κ1) is 17.3. The van der Waals surface area contributed by atoms with Gasteiger partial charge in [-0.2, -0.15) is 10.4 Å². The van der Waals surface area contributed by atoms with Crippen molar-refractivity contribution in [1.82, 2.24) is 5.43 Å². The van der Waals surface area contributed by atoms with Gasteiger partial charge in [-0.15, -0.1) is 0 Å². The molecule has 7 heteroatoms. The number of hydrogen-bond acceptors (Lipinski definition) is 5. The molecule has 6 nitrogen and oxygen atoms in total. The van der Waals surface area contributed by atoms with Crippen LogP contribution >= 0.6 is 11.6 Å². The molecule has 1 N–H and O–H groups in total. The third-order valence-electron chi connectivity index (χ3n) is 2.78. The van der Waals surface area contributed by atoms with Crippen molar-refractivity contribution in [2.75, 3.05) is 13.2 Å². The van der Waals surface area contributed by atoms with Crippen molar-refractivity contribution in [3.63, 3.8) is 0 Å². The van der Waals surface area contributed by atoms with Crippen LogP contribution in [0.5, 0.6) is 11.5 Å². The number of rotatable bonds is 7. The maximum atomic E-state index is 11.6. The highest BCUT2D eigenvalue weighted by atomic mass is 35.5. The van der Waals surface area contributed by atoms with Crippen LogP contribution in [-0.4, -0.2) is 25.3 Å². The van der Waals surface area contributed by atoms with E-state index in [-0.39, 0.29) is 13.2 Å². The number of hydrogen-bond donors (Lipinski definition) is 1. The van der Waals surface area contributed by atoms with E-state index in [4.69, 9.17) is 26.3 Å². The number of nitrogens with zero attached hydrogens (tertiary/aromatic N) is 2. The van der Waals surface area contributed by atoms with Crippen LogP contribution in [0.4, 0.5) is 0 Å². The molecule has 0 bridgehead atoms. The summed E-state index contributed by atoms with van der Waals surface area (Å²) in [5, 5.41) is 12.7. The minimum atomic E-state index is -0.403. The standard InChI is InChI=1S/C17H14ClN3O3/c18-15-3-1-2-4-16(15)24-12-17(22)21-20-11-13-5-7-14(8-6-13)23-10-9-19/h1-8,11H,10,12H2,(H,21,22)/b20-11-. The molecule has 0 saturated carbocycles. The molecule has 0 fully saturated rings. The second kappa shape index (κ2) is 9.18. The molecule has 24 heavy (non-hydrogen) atoms. The maximum absolute atomic E-state index is 11.6. The molecule has 2 aromatic rings. The molecule has 0 aromatic heterocycles. The van der Waals surface area contributed by atoms with Crippen LogP contribution in [0, 0.1) is 11.3 Å². The minimum Gasteiger partial charge on any atom is -0.482 e. The minimum absolute atomic E-state index is 0.00504. The summed E-state index contributed by atoms with van der Waals surface area (Å²) < 4.78 is 10.4. The van der Waals surface area contributed by atoms with Gasteiger partial charge >= 0.3 is 0 Å². The fraction of sp³-hybridized carbons (Fsp3) is 0.118. The topological polar surface area (TPSA) is 83.7 Å². The van der Waals surface area contributed by atoms with E-state index < -0.39 is 5.91 Å². The van der Waals surface area contributed by atoms with Crippen LogP contribution in [0.2, 0.25) is 5.02 Å². The average Bonchev–Trinajstić information content (AvgIpc) is 2.60. The lowest BCUT2D eigenvalue weighted by Gasteiger charge is -2.06. The fourth-order valence-corrected chi connectivity index (χ4v) is 1.87. The third kappa shape index (κ3) is 5.63. The third-order valence-corrected chi connectivity index (χ3v) is 3.09. The summed E-state index contributed by atoms with van der Waals surface area (Å²) in [6.07, 6.45) is 1.49. The van der Waals surface area contributed by atoms with E-state index in [2.05, 4.69) is 10.5 Å². The number of hydrazone groups is 1. The largest absolute Gasteiger partial charge is 0.482 e. The predicted octanol–water partition coefficient (Wildman–Crippen LogP) is 2.77. The first-order valence-electron chi connectivity index (χ1n) is 6.98. The lowest BCUT2D eigenvalue weighted by Crippen LogP contribution is -2.24. The molecule has 122 valence electrons. The predicted molar refractivity (Wildman–Crippen MR) is 90.2 cm³/mol. The van der Waals surface area contributed by atoms with Gasteiger partial charge in [-0.25, -0.2) is 5.43 Å². The molecule has 0 unspecified atom stereocenters. The highest BCUT2D eigenvalue weighted by Gasteiger charge is 2.04. The normalized spacial score (nSPS) is 10.2. The van der Waals surface area contributed by atoms with Gasteiger partial charge in [-0.05, 0) is 42.0 Å². The van der Waals surface area contributed by atoms with Crippen molar-refractivity contribution in [1.29, 1.82) is 5.26 Å². The van der Waals surface area contributed by atoms with Gasteiger partial charge in [0.05, 0.1) is 11.2 Å². The highest BCUT2D eigenvalue weighted by molar-refractivity contribution is 6.32. The van der Waals surface area contributed by atoms with Crippen molar-refractivity contribution in [3.8, 4) is 17.6 Å². The zero-order valence-electron chi connectivity index (χ0n) is 12.6. The maximum Gasteiger partial charge on any atom is 0.277 e. The van der Waals surface area contributed by atoms with Gasteiger partial charge in [0.1, 0.15) is 17.6 Å². The van der Waals surface area contributed by atoms with Crippen molar-refractivity contribution in [3.05, 3.63) is 59.1 Å². The Balaban J connectivity index is 1.78. The van der Waals surface area contributed by atoms with Gasteiger partial charge in [0.15, 0.2) is 13.2 Å². The summed E-state index contributed by atoms with van der Waals surface area (Å²) in [7, 11) is 0. The molecule has 0 spiro atoms. The molecule has 0 radical (unpaired) electrons. The second-order valence-electron chi connectivity index (χ2n) is 4.53. The fourth-order valence-electron chi connectivity index (χ4n) is 1.68. The summed E-state index contributed by atoms with van der Waals surface area (Å²) in [5.41, 5.74) is 3.13. The van der Waals surface area contributed by atoms with Crippen LogP contribution in [0.3, 0.4) is 0 Å². The molecule has 0 saturated heterocycles. The number of nitrogens with one attached hydrogen (secondary N) is 1. The number of nitriles is 1. The quantitative estimate of drug-likeness (QED) is 0.619. The molecule has 1 amide bonds. The van der Waals surface area contributed by atoms with E-state index in [1.54, 1.807) is 48.5 Å². The van der Waals surface area contributed by atoms with E-state index in [9.17, 15) is 4.79 Å². The number of carbonyl (C=O) groups is 1. The Morgan fingerprint density at radius 2 is 1.96 bits per heavy atom. The Labute approximate surface area is 144 Å². The van der Waals surface area contributed by atoms with Gasteiger partial charge < -0.3 is 9.47 Å². The van der Waals surface area contributed by atoms with Gasteiger partial charge in [0.2, 0.25) is 0 Å². The summed E-state index contributed by atoms with van der Waals surface area (Å²) >= 11 is 5.92. The smallest absolute Gasteiger partial charge is 0.277 e. The molecule has 0 atom stereocenters. The molecular weight excluding hydrogens is 330 g/mol. The molecule has 0 aliphatic carbocycles. The molecule has 2 aromatic carbocycles. The van der Waals surface area contributed by atoms with Gasteiger partial charge in [-0.3, -0.25) is 4.79 Å². The van der Waals surface area contributed by atoms with Gasteiger partial charge in [-0.1, -0.05) is 23.7 Å². The van der Waals surface area contributed by atoms with E-state index in [0.29, 0.717) is 16.5 Å². The monoisotopic (exact) mass is 343 g/mol. The lowest BCUT2D eigenvalue weighted by molar-refractivity contribution is -0.123. The van der Waals surface area contributed by atoms with E-state index in [1.807, 2.05) is 6.07 Å². The lowest BCUT2D eigenvalue weighted by atomic mass is 10.2. The number of ether oxygens (including phenoxy) is 2. The number of benzene rings is 2. The molecule has 0 heterocycles. The van der Waals surface area contributed by atoms with Crippen molar-refractivity contribution in [2.45, 2.75) is 0 Å². The molecule has 0 aliphatic heterocycles. The van der Waals surface area contributed by atoms with Crippen molar-refractivity contribution in [2.24, 2.45) is 5.10 Å². The summed E-state index contributed by atoms with van der Waals surface area (Å²) in [6.45, 7) is -0.197. The van der Waals surface area contributed by atoms with Crippen LogP contribution < -0.4 is 14.9 Å². The number of carbonyl (C=O) groups excluding carboxylic acids is 1. The zero-order valence-corrected chi connectivity index (χ0v) is 13.4. The van der Waals surface area contributed by atoms with Gasteiger partial charge in [0.25, 0.3) is 5.91 Å². The van der Waals surface area contributed by atoms with E-state index >= 15 is 0 Å². The van der Waals surface area contributed by atoms with Crippen LogP contribution in [0.1, 0.15) is 5.56 Å². The number of amides is 1. The molecule has 2 rings (SSSR count). The summed E-state index contributed by atoms with van der Waals surface area (Å²) in [4.78, 5) is 11.6. The first-order valence-corrected chi connectivity index (χ1v) is 7.36. The van der Waals surface area contributed by atoms with Crippen LogP contribution in [0.25, 0.3) is 0 Å². The number of para-hydroxylation sites is 1. The van der Waals surface area contributed by atoms with Gasteiger partial charge in [0, 0.05) is 0 Å². The highest BCUT2D eigenvalue weighted by Crippen LogP contribution is 2.22. The van der Waals surface area contributed by atoms with Crippen LogP contribution in [0.15, 0.2) is 53.6 Å². The Hall–Kier alpha value is -3.04. The van der Waals surface area contributed by atoms with Crippen molar-refractivity contribution < 1.29 is 14.3 Å². The Morgan fingerprint density at radius 3 is 2.67 bits per heavy atom. The zero-order chi connectivity index (χ0) is 17.2. The van der Waals surface area contributed by atoms with E-state index in [0.717, 1.165) is 5.56 Å². The average molecular weight is 344 g/mol. The molecular formula is C17H14ClN3O3. The first-order chi connectivity index (χ1) is 11.7. The van der Waals surface area contributed by atoms with Crippen LogP contribution in [-0.2, 0) is 4.79 Å². The Morgan fingerprint density at radius 1 is 1.21 bits per heavy atom. The molecule has 0 aliphatic rings. The number of halogens is 1. The SMILES string of the molecule is N#CCOc1ccc(/C=N\NC(=O)COc2ccccc2Cl)cc1. The Bertz CT molecular complexity index is 754. The summed E-state index contributed by atoms with van der Waals surface area (Å²) in [5.74, 6) is 0.622. The second-order valence-corrected chi connectivity index (χ2v) is 4.94.